The Bertz CT molecular complexity index is 520. The van der Waals surface area contributed by atoms with Crippen LogP contribution in [-0.2, 0) is 9.59 Å². The van der Waals surface area contributed by atoms with Crippen molar-refractivity contribution in [2.24, 2.45) is 0 Å². The molecule has 1 atom stereocenters. The minimum atomic E-state index is -0.503. The Morgan fingerprint density at radius 3 is 2.57 bits per heavy atom. The summed E-state index contributed by atoms with van der Waals surface area (Å²) in [5.41, 5.74) is 1.23. The van der Waals surface area contributed by atoms with E-state index < -0.39 is 11.8 Å². The minimum absolute atomic E-state index is 0.173. The van der Waals surface area contributed by atoms with Gasteiger partial charge in [0, 0.05) is 12.6 Å². The van der Waals surface area contributed by atoms with Gasteiger partial charge in [0.15, 0.2) is 0 Å². The summed E-state index contributed by atoms with van der Waals surface area (Å²) >= 11 is 1.67. The van der Waals surface area contributed by atoms with Gasteiger partial charge in [0.05, 0.1) is 6.04 Å². The van der Waals surface area contributed by atoms with Gasteiger partial charge < -0.3 is 10.6 Å². The van der Waals surface area contributed by atoms with Crippen molar-refractivity contribution in [2.75, 3.05) is 19.6 Å². The van der Waals surface area contributed by atoms with Crippen LogP contribution in [0.5, 0.6) is 0 Å². The zero-order valence-corrected chi connectivity index (χ0v) is 14.2. The second-order valence-electron chi connectivity index (χ2n) is 6.48. The quantitative estimate of drug-likeness (QED) is 0.810. The maximum absolute atomic E-state index is 12.1. The van der Waals surface area contributed by atoms with Gasteiger partial charge in [0.25, 0.3) is 0 Å². The molecular weight excluding hydrogens is 310 g/mol. The minimum Gasteiger partial charge on any atom is -0.346 e. The van der Waals surface area contributed by atoms with Gasteiger partial charge in [-0.3, -0.25) is 14.5 Å². The van der Waals surface area contributed by atoms with Crippen LogP contribution in [0.25, 0.3) is 0 Å². The number of rotatable bonds is 5. The molecule has 2 N–H and O–H groups in total. The molecule has 1 aliphatic heterocycles. The summed E-state index contributed by atoms with van der Waals surface area (Å²) in [4.78, 5) is 26.5. The van der Waals surface area contributed by atoms with Crippen molar-refractivity contribution >= 4 is 23.2 Å². The summed E-state index contributed by atoms with van der Waals surface area (Å²) in [7, 11) is 0. The molecule has 1 saturated carbocycles. The van der Waals surface area contributed by atoms with E-state index in [4.69, 9.17) is 0 Å². The van der Waals surface area contributed by atoms with E-state index in [1.54, 1.807) is 11.3 Å². The van der Waals surface area contributed by atoms with Crippen LogP contribution in [0.15, 0.2) is 16.8 Å². The summed E-state index contributed by atoms with van der Waals surface area (Å²) in [5.74, 6) is -0.987. The third-order valence-electron chi connectivity index (χ3n) is 4.86. The largest absolute Gasteiger partial charge is 0.346 e. The SMILES string of the molecule is O=C(NC[C@H](c1ccsc1)N1CCCC1)C(=O)NC1CCCC1. The molecule has 1 aromatic rings. The number of carbonyl (C=O) groups excluding carboxylic acids is 2. The number of hydrogen-bond donors (Lipinski definition) is 2. The van der Waals surface area contributed by atoms with E-state index in [0.717, 1.165) is 38.8 Å². The Morgan fingerprint density at radius 1 is 1.17 bits per heavy atom. The van der Waals surface area contributed by atoms with Crippen LogP contribution < -0.4 is 10.6 Å². The lowest BCUT2D eigenvalue weighted by molar-refractivity contribution is -0.139. The van der Waals surface area contributed by atoms with Gasteiger partial charge in [-0.1, -0.05) is 12.8 Å². The summed E-state index contributed by atoms with van der Waals surface area (Å²) in [6, 6.07) is 2.46. The Kier molecular flexibility index (Phi) is 5.67. The highest BCUT2D eigenvalue weighted by Gasteiger charge is 2.26. The topological polar surface area (TPSA) is 61.4 Å². The highest BCUT2D eigenvalue weighted by atomic mass is 32.1. The number of likely N-dealkylation sites (tertiary alicyclic amines) is 1. The highest BCUT2D eigenvalue weighted by Crippen LogP contribution is 2.26. The second-order valence-corrected chi connectivity index (χ2v) is 7.26. The Labute approximate surface area is 141 Å². The van der Waals surface area contributed by atoms with Crippen molar-refractivity contribution in [3.8, 4) is 0 Å². The van der Waals surface area contributed by atoms with E-state index in [2.05, 4.69) is 32.4 Å². The Hall–Kier alpha value is -1.40. The fraction of sp³-hybridized carbons (Fsp3) is 0.647. The lowest BCUT2D eigenvalue weighted by Gasteiger charge is -2.27. The lowest BCUT2D eigenvalue weighted by Crippen LogP contribution is -2.46. The van der Waals surface area contributed by atoms with Gasteiger partial charge >= 0.3 is 11.8 Å². The predicted octanol–water partition coefficient (Wildman–Crippen LogP) is 2.06. The summed E-state index contributed by atoms with van der Waals surface area (Å²) in [6.45, 7) is 2.61. The molecule has 3 rings (SSSR count). The molecule has 1 saturated heterocycles. The number of amides is 2. The van der Waals surface area contributed by atoms with E-state index in [9.17, 15) is 9.59 Å². The van der Waals surface area contributed by atoms with E-state index in [1.165, 1.54) is 18.4 Å². The molecule has 2 aliphatic rings. The molecule has 2 fully saturated rings. The molecule has 0 spiro atoms. The van der Waals surface area contributed by atoms with Crippen LogP contribution in [0.2, 0.25) is 0 Å². The molecule has 2 heterocycles. The van der Waals surface area contributed by atoms with E-state index in [1.807, 2.05) is 0 Å². The van der Waals surface area contributed by atoms with E-state index >= 15 is 0 Å². The van der Waals surface area contributed by atoms with E-state index in [-0.39, 0.29) is 12.1 Å². The first-order chi connectivity index (χ1) is 11.2. The van der Waals surface area contributed by atoms with Crippen LogP contribution in [0.3, 0.4) is 0 Å². The molecule has 23 heavy (non-hydrogen) atoms. The van der Waals surface area contributed by atoms with Crippen molar-refractivity contribution in [3.63, 3.8) is 0 Å². The number of thiophene rings is 1. The molecule has 0 bridgehead atoms. The molecule has 0 radical (unpaired) electrons. The van der Waals surface area contributed by atoms with Crippen LogP contribution in [0, 0.1) is 0 Å². The molecular formula is C17H25N3O2S. The summed E-state index contributed by atoms with van der Waals surface area (Å²) in [6.07, 6.45) is 6.67. The molecule has 5 nitrogen and oxygen atoms in total. The van der Waals surface area contributed by atoms with E-state index in [0.29, 0.717) is 6.54 Å². The monoisotopic (exact) mass is 335 g/mol. The first-order valence-corrected chi connectivity index (χ1v) is 9.53. The Morgan fingerprint density at radius 2 is 1.91 bits per heavy atom. The van der Waals surface area contributed by atoms with Crippen molar-refractivity contribution in [3.05, 3.63) is 22.4 Å². The van der Waals surface area contributed by atoms with Crippen molar-refractivity contribution in [1.29, 1.82) is 0 Å². The molecule has 6 heteroatoms. The van der Waals surface area contributed by atoms with Gasteiger partial charge in [-0.25, -0.2) is 0 Å². The maximum atomic E-state index is 12.1. The number of hydrogen-bond acceptors (Lipinski definition) is 4. The van der Waals surface area contributed by atoms with Gasteiger partial charge in [-0.05, 0) is 61.2 Å². The number of nitrogens with one attached hydrogen (secondary N) is 2. The average molecular weight is 335 g/mol. The predicted molar refractivity (Wildman–Crippen MR) is 91.3 cm³/mol. The maximum Gasteiger partial charge on any atom is 0.309 e. The third kappa shape index (κ3) is 4.32. The smallest absolute Gasteiger partial charge is 0.309 e. The Balaban J connectivity index is 1.53. The molecule has 1 aliphatic carbocycles. The highest BCUT2D eigenvalue weighted by molar-refractivity contribution is 7.07. The zero-order valence-electron chi connectivity index (χ0n) is 13.4. The van der Waals surface area contributed by atoms with Crippen molar-refractivity contribution in [2.45, 2.75) is 50.6 Å². The fourth-order valence-corrected chi connectivity index (χ4v) is 4.27. The zero-order chi connectivity index (χ0) is 16.1. The van der Waals surface area contributed by atoms with Crippen LogP contribution >= 0.6 is 11.3 Å². The van der Waals surface area contributed by atoms with Crippen LogP contribution in [0.1, 0.15) is 50.1 Å². The van der Waals surface area contributed by atoms with Gasteiger partial charge in [0.2, 0.25) is 0 Å². The number of nitrogens with zero attached hydrogens (tertiary/aromatic N) is 1. The van der Waals surface area contributed by atoms with Crippen LogP contribution in [-0.4, -0.2) is 42.4 Å². The molecule has 0 unspecified atom stereocenters. The third-order valence-corrected chi connectivity index (χ3v) is 5.56. The fourth-order valence-electron chi connectivity index (χ4n) is 3.57. The van der Waals surface area contributed by atoms with Crippen molar-refractivity contribution in [1.82, 2.24) is 15.5 Å². The molecule has 0 aromatic carbocycles. The average Bonchev–Trinajstić information content (AvgIpc) is 3.31. The van der Waals surface area contributed by atoms with Crippen LogP contribution in [0.4, 0.5) is 0 Å². The first-order valence-electron chi connectivity index (χ1n) is 8.59. The van der Waals surface area contributed by atoms with Gasteiger partial charge in [0.1, 0.15) is 0 Å². The van der Waals surface area contributed by atoms with Gasteiger partial charge in [-0.2, -0.15) is 11.3 Å². The summed E-state index contributed by atoms with van der Waals surface area (Å²) < 4.78 is 0. The second kappa shape index (κ2) is 7.93. The molecule has 126 valence electrons. The standard InChI is InChI=1S/C17H25N3O2S/c21-16(17(22)19-14-5-1-2-6-14)18-11-15(13-7-10-23-12-13)20-8-3-4-9-20/h7,10,12,14-15H,1-6,8-9,11H2,(H,18,21)(H,19,22)/t15-/m1/s1. The molecule has 1 aromatic heterocycles. The van der Waals surface area contributed by atoms with Crippen molar-refractivity contribution < 1.29 is 9.59 Å². The summed E-state index contributed by atoms with van der Waals surface area (Å²) in [5, 5.41) is 9.87. The molecule has 2 amide bonds. The first kappa shape index (κ1) is 16.5. The lowest BCUT2D eigenvalue weighted by atomic mass is 10.1. The number of carbonyl (C=O) groups is 2. The van der Waals surface area contributed by atoms with Gasteiger partial charge in [-0.15, -0.1) is 0 Å². The normalized spacial score (nSPS) is 20.5.